The first-order valence-electron chi connectivity index (χ1n) is 4.31. The zero-order valence-corrected chi connectivity index (χ0v) is 8.66. The summed E-state index contributed by atoms with van der Waals surface area (Å²) in [6, 6.07) is 9.69. The van der Waals surface area contributed by atoms with Gasteiger partial charge in [-0.2, -0.15) is 0 Å². The Bertz CT molecular complexity index is 462. The third kappa shape index (κ3) is 1.65. The van der Waals surface area contributed by atoms with Crippen LogP contribution in [0.1, 0.15) is 0 Å². The van der Waals surface area contributed by atoms with E-state index in [1.54, 1.807) is 0 Å². The molecule has 0 amide bonds. The highest BCUT2D eigenvalue weighted by molar-refractivity contribution is 7.95. The van der Waals surface area contributed by atoms with Crippen LogP contribution < -0.4 is 4.90 Å². The maximum absolute atomic E-state index is 10.9. The number of rotatable bonds is 2. The molecule has 1 aromatic carbocycles. The standard InChI is InChI=1S/C10H11NO2S/c1-11(9-5-3-2-4-6-9)10-7-14(12,13)8-10/h2-7H,8H2,1H3. The van der Waals surface area contributed by atoms with E-state index in [4.69, 9.17) is 0 Å². The molecule has 0 fully saturated rings. The van der Waals surface area contributed by atoms with Gasteiger partial charge in [-0.25, -0.2) is 8.42 Å². The summed E-state index contributed by atoms with van der Waals surface area (Å²) >= 11 is 0. The van der Waals surface area contributed by atoms with Crippen LogP contribution in [0.25, 0.3) is 0 Å². The summed E-state index contributed by atoms with van der Waals surface area (Å²) in [5.41, 5.74) is 1.85. The van der Waals surface area contributed by atoms with Gasteiger partial charge in [0, 0.05) is 18.4 Å². The maximum Gasteiger partial charge on any atom is 0.178 e. The molecule has 0 bridgehead atoms. The molecule has 0 spiro atoms. The van der Waals surface area contributed by atoms with E-state index in [1.807, 2.05) is 42.3 Å². The average Bonchev–Trinajstić information content (AvgIpc) is 2.14. The molecule has 3 nitrogen and oxygen atoms in total. The van der Waals surface area contributed by atoms with E-state index in [0.717, 1.165) is 11.4 Å². The van der Waals surface area contributed by atoms with Crippen LogP contribution in [0, 0.1) is 0 Å². The van der Waals surface area contributed by atoms with E-state index in [0.29, 0.717) is 0 Å². The van der Waals surface area contributed by atoms with Crippen molar-refractivity contribution in [3.8, 4) is 0 Å². The van der Waals surface area contributed by atoms with Crippen molar-refractivity contribution in [1.82, 2.24) is 0 Å². The van der Waals surface area contributed by atoms with Crippen LogP contribution in [0.4, 0.5) is 5.69 Å². The van der Waals surface area contributed by atoms with Crippen molar-refractivity contribution in [3.63, 3.8) is 0 Å². The first-order chi connectivity index (χ1) is 6.58. The first kappa shape index (κ1) is 9.27. The summed E-state index contributed by atoms with van der Waals surface area (Å²) in [7, 11) is -1.02. The molecular weight excluding hydrogens is 198 g/mol. The molecule has 0 aliphatic carbocycles. The van der Waals surface area contributed by atoms with Gasteiger partial charge in [-0.1, -0.05) is 18.2 Å². The number of hydrogen-bond acceptors (Lipinski definition) is 3. The van der Waals surface area contributed by atoms with Gasteiger partial charge in [0.05, 0.1) is 11.2 Å². The molecule has 4 heteroatoms. The van der Waals surface area contributed by atoms with Gasteiger partial charge in [0.1, 0.15) is 0 Å². The number of nitrogens with zero attached hydrogens (tertiary/aromatic N) is 1. The van der Waals surface area contributed by atoms with Crippen molar-refractivity contribution < 1.29 is 8.42 Å². The van der Waals surface area contributed by atoms with Crippen LogP contribution in [0.3, 0.4) is 0 Å². The molecule has 0 N–H and O–H groups in total. The van der Waals surface area contributed by atoms with Crippen molar-refractivity contribution >= 4 is 15.5 Å². The average molecular weight is 209 g/mol. The molecule has 14 heavy (non-hydrogen) atoms. The van der Waals surface area contributed by atoms with Gasteiger partial charge in [-0.05, 0) is 12.1 Å². The lowest BCUT2D eigenvalue weighted by Crippen LogP contribution is -2.29. The number of hydrogen-bond donors (Lipinski definition) is 0. The van der Waals surface area contributed by atoms with Gasteiger partial charge in [0.25, 0.3) is 0 Å². The molecule has 0 saturated heterocycles. The minimum Gasteiger partial charge on any atom is -0.347 e. The molecule has 0 atom stereocenters. The molecular formula is C10H11NO2S. The summed E-state index contributed by atoms with van der Waals surface area (Å²) in [5, 5.41) is 1.32. The first-order valence-corrected chi connectivity index (χ1v) is 6.02. The summed E-state index contributed by atoms with van der Waals surface area (Å²) in [5.74, 6) is 0.151. The van der Waals surface area contributed by atoms with Gasteiger partial charge in [-0.15, -0.1) is 0 Å². The van der Waals surface area contributed by atoms with E-state index < -0.39 is 9.84 Å². The van der Waals surface area contributed by atoms with Crippen LogP contribution in [-0.2, 0) is 9.84 Å². The fourth-order valence-corrected chi connectivity index (χ4v) is 2.51. The van der Waals surface area contributed by atoms with Gasteiger partial charge in [0.15, 0.2) is 9.84 Å². The van der Waals surface area contributed by atoms with Crippen molar-refractivity contribution in [3.05, 3.63) is 41.4 Å². The second kappa shape index (κ2) is 3.13. The van der Waals surface area contributed by atoms with Gasteiger partial charge in [-0.3, -0.25) is 0 Å². The summed E-state index contributed by atoms with van der Waals surface area (Å²) in [4.78, 5) is 1.89. The Morgan fingerprint density at radius 2 is 1.79 bits per heavy atom. The summed E-state index contributed by atoms with van der Waals surface area (Å²) < 4.78 is 21.9. The quantitative estimate of drug-likeness (QED) is 0.738. The highest BCUT2D eigenvalue weighted by Gasteiger charge is 2.25. The number of benzene rings is 1. The van der Waals surface area contributed by atoms with Crippen LogP contribution in [0.15, 0.2) is 41.4 Å². The molecule has 74 valence electrons. The molecule has 0 unspecified atom stereocenters. The fraction of sp³-hybridized carbons (Fsp3) is 0.200. The van der Waals surface area contributed by atoms with Gasteiger partial charge < -0.3 is 4.90 Å². The summed E-state index contributed by atoms with van der Waals surface area (Å²) in [6.07, 6.45) is 0. The van der Waals surface area contributed by atoms with Crippen molar-refractivity contribution in [2.75, 3.05) is 17.7 Å². The van der Waals surface area contributed by atoms with Crippen LogP contribution in [-0.4, -0.2) is 21.2 Å². The molecule has 2 rings (SSSR count). The van der Waals surface area contributed by atoms with Gasteiger partial charge >= 0.3 is 0 Å². The lowest BCUT2D eigenvalue weighted by Gasteiger charge is -2.26. The maximum atomic E-state index is 10.9. The normalized spacial score (nSPS) is 18.2. The van der Waals surface area contributed by atoms with Crippen molar-refractivity contribution in [1.29, 1.82) is 0 Å². The Kier molecular flexibility index (Phi) is 2.07. The predicted octanol–water partition coefficient (Wildman–Crippen LogP) is 1.39. The van der Waals surface area contributed by atoms with Crippen LogP contribution >= 0.6 is 0 Å². The van der Waals surface area contributed by atoms with Crippen LogP contribution in [0.5, 0.6) is 0 Å². The second-order valence-electron chi connectivity index (χ2n) is 3.31. The van der Waals surface area contributed by atoms with Crippen molar-refractivity contribution in [2.24, 2.45) is 0 Å². The monoisotopic (exact) mass is 209 g/mol. The topological polar surface area (TPSA) is 37.4 Å². The van der Waals surface area contributed by atoms with E-state index in [-0.39, 0.29) is 5.75 Å². The molecule has 1 aliphatic rings. The SMILES string of the molecule is CN(C1=CS(=O)(=O)C1)c1ccccc1. The number of anilines is 1. The molecule has 1 heterocycles. The lowest BCUT2D eigenvalue weighted by molar-refractivity contribution is 0.601. The number of sulfone groups is 1. The van der Waals surface area contributed by atoms with E-state index in [9.17, 15) is 8.42 Å². The van der Waals surface area contributed by atoms with E-state index in [1.165, 1.54) is 5.41 Å². The Morgan fingerprint density at radius 1 is 1.21 bits per heavy atom. The van der Waals surface area contributed by atoms with Gasteiger partial charge in [0.2, 0.25) is 0 Å². The number of para-hydroxylation sites is 1. The van der Waals surface area contributed by atoms with E-state index in [2.05, 4.69) is 0 Å². The third-order valence-corrected chi connectivity index (χ3v) is 3.57. The Balaban J connectivity index is 2.24. The predicted molar refractivity (Wildman–Crippen MR) is 56.7 cm³/mol. The minimum absolute atomic E-state index is 0.151. The fourth-order valence-electron chi connectivity index (χ4n) is 1.38. The highest BCUT2D eigenvalue weighted by Crippen LogP contribution is 2.24. The Morgan fingerprint density at radius 3 is 2.29 bits per heavy atom. The second-order valence-corrected chi connectivity index (χ2v) is 5.16. The molecule has 1 aliphatic heterocycles. The third-order valence-electron chi connectivity index (χ3n) is 2.24. The molecule has 1 aromatic rings. The lowest BCUT2D eigenvalue weighted by atomic mass is 10.3. The smallest absolute Gasteiger partial charge is 0.178 e. The largest absolute Gasteiger partial charge is 0.347 e. The van der Waals surface area contributed by atoms with E-state index >= 15 is 0 Å². The Labute approximate surface area is 83.6 Å². The zero-order valence-electron chi connectivity index (χ0n) is 7.84. The molecule has 0 radical (unpaired) electrons. The zero-order chi connectivity index (χ0) is 10.2. The molecule has 0 aromatic heterocycles. The Hall–Kier alpha value is -1.29. The van der Waals surface area contributed by atoms with Crippen LogP contribution in [0.2, 0.25) is 0 Å². The highest BCUT2D eigenvalue weighted by atomic mass is 32.2. The van der Waals surface area contributed by atoms with Crippen molar-refractivity contribution in [2.45, 2.75) is 0 Å². The minimum atomic E-state index is -2.89. The summed E-state index contributed by atoms with van der Waals surface area (Å²) in [6.45, 7) is 0. The molecule has 0 saturated carbocycles.